The molecule has 0 spiro atoms. The predicted molar refractivity (Wildman–Crippen MR) is 44.5 cm³/mol. The van der Waals surface area contributed by atoms with Gasteiger partial charge in [-0.05, 0) is 0 Å². The fraction of sp³-hybridized carbons (Fsp3) is 0. The van der Waals surface area contributed by atoms with Gasteiger partial charge >= 0.3 is 0 Å². The topological polar surface area (TPSA) is 34.1 Å². The number of carbonyl (C=O) groups excluding carboxylic acids is 2. The molecular formula is C8H7ClO2. The highest BCUT2D eigenvalue weighted by Crippen LogP contribution is 2.01. The second-order valence-electron chi connectivity index (χ2n) is 1.86. The number of hydrogen-bond donors (Lipinski definition) is 0. The highest BCUT2D eigenvalue weighted by atomic mass is 35.5. The van der Waals surface area contributed by atoms with Crippen LogP contribution in [0.5, 0.6) is 0 Å². The van der Waals surface area contributed by atoms with E-state index in [1.807, 2.05) is 0 Å². The standard InChI is InChI=1S/C8H6O2.ClH/c9-5-7-3-1-2-4-8(7)6-10;/h1-6H;1H. The molecule has 0 saturated carbocycles. The lowest BCUT2D eigenvalue weighted by molar-refractivity contribution is 0.109. The zero-order chi connectivity index (χ0) is 7.40. The van der Waals surface area contributed by atoms with Crippen LogP contribution in [-0.4, -0.2) is 12.6 Å². The Balaban J connectivity index is 0.000001000. The van der Waals surface area contributed by atoms with Crippen molar-refractivity contribution in [3.63, 3.8) is 0 Å². The van der Waals surface area contributed by atoms with Crippen molar-refractivity contribution >= 4 is 25.0 Å². The second-order valence-corrected chi connectivity index (χ2v) is 1.86. The van der Waals surface area contributed by atoms with Gasteiger partial charge in [-0.2, -0.15) is 0 Å². The van der Waals surface area contributed by atoms with Crippen molar-refractivity contribution in [1.29, 1.82) is 0 Å². The molecule has 3 heteroatoms. The Hall–Kier alpha value is -1.15. The normalized spacial score (nSPS) is 8.00. The van der Waals surface area contributed by atoms with Gasteiger partial charge in [-0.25, -0.2) is 0 Å². The monoisotopic (exact) mass is 170 g/mol. The van der Waals surface area contributed by atoms with Gasteiger partial charge < -0.3 is 0 Å². The SMILES string of the molecule is Cl.O=Cc1ccccc1C=O. The lowest BCUT2D eigenvalue weighted by Gasteiger charge is -1.91. The summed E-state index contributed by atoms with van der Waals surface area (Å²) in [7, 11) is 0. The minimum atomic E-state index is 0. The van der Waals surface area contributed by atoms with E-state index in [-0.39, 0.29) is 12.4 Å². The van der Waals surface area contributed by atoms with E-state index in [0.717, 1.165) is 0 Å². The first-order chi connectivity index (χ1) is 4.88. The van der Waals surface area contributed by atoms with Gasteiger partial charge in [0.15, 0.2) is 12.6 Å². The largest absolute Gasteiger partial charge is 0.298 e. The van der Waals surface area contributed by atoms with Crippen LogP contribution in [0, 0.1) is 0 Å². The van der Waals surface area contributed by atoms with Crippen LogP contribution in [0.25, 0.3) is 0 Å². The summed E-state index contributed by atoms with van der Waals surface area (Å²) in [5, 5.41) is 0. The number of benzene rings is 1. The maximum atomic E-state index is 10.2. The number of aldehydes is 2. The molecule has 0 saturated heterocycles. The zero-order valence-corrected chi connectivity index (χ0v) is 6.51. The van der Waals surface area contributed by atoms with Gasteiger partial charge in [-0.3, -0.25) is 9.59 Å². The Kier molecular flexibility index (Phi) is 4.15. The third-order valence-corrected chi connectivity index (χ3v) is 1.25. The molecule has 0 unspecified atom stereocenters. The summed E-state index contributed by atoms with van der Waals surface area (Å²) in [6.07, 6.45) is 1.34. The van der Waals surface area contributed by atoms with Gasteiger partial charge in [0.05, 0.1) is 0 Å². The molecule has 0 bridgehead atoms. The van der Waals surface area contributed by atoms with Gasteiger partial charge in [0.2, 0.25) is 0 Å². The number of hydrogen-bond acceptors (Lipinski definition) is 2. The fourth-order valence-corrected chi connectivity index (χ4v) is 0.726. The van der Waals surface area contributed by atoms with E-state index >= 15 is 0 Å². The van der Waals surface area contributed by atoms with Crippen LogP contribution in [0.1, 0.15) is 20.7 Å². The van der Waals surface area contributed by atoms with Crippen LogP contribution in [-0.2, 0) is 0 Å². The first kappa shape index (κ1) is 9.85. The molecule has 0 N–H and O–H groups in total. The van der Waals surface area contributed by atoms with Crippen LogP contribution < -0.4 is 0 Å². The molecular weight excluding hydrogens is 164 g/mol. The molecule has 11 heavy (non-hydrogen) atoms. The minimum Gasteiger partial charge on any atom is -0.298 e. The Morgan fingerprint density at radius 3 is 1.55 bits per heavy atom. The Morgan fingerprint density at radius 2 is 1.27 bits per heavy atom. The average molecular weight is 171 g/mol. The molecule has 0 amide bonds. The second kappa shape index (κ2) is 4.63. The minimum absolute atomic E-state index is 0. The van der Waals surface area contributed by atoms with Crippen molar-refractivity contribution in [2.45, 2.75) is 0 Å². The van der Waals surface area contributed by atoms with Crippen LogP contribution in [0.15, 0.2) is 24.3 Å². The Bertz CT molecular complexity index is 231. The third kappa shape index (κ3) is 2.16. The molecule has 0 radical (unpaired) electrons. The lowest BCUT2D eigenvalue weighted by Crippen LogP contribution is -1.87. The molecule has 58 valence electrons. The van der Waals surface area contributed by atoms with E-state index in [0.29, 0.717) is 23.7 Å². The van der Waals surface area contributed by atoms with E-state index in [1.54, 1.807) is 24.3 Å². The van der Waals surface area contributed by atoms with Crippen LogP contribution in [0.4, 0.5) is 0 Å². The van der Waals surface area contributed by atoms with Gasteiger partial charge in [0.25, 0.3) is 0 Å². The molecule has 0 fully saturated rings. The summed E-state index contributed by atoms with van der Waals surface area (Å²) in [6.45, 7) is 0. The van der Waals surface area contributed by atoms with Crippen LogP contribution in [0.2, 0.25) is 0 Å². The number of carbonyl (C=O) groups is 2. The van der Waals surface area contributed by atoms with Gasteiger partial charge in [0, 0.05) is 11.1 Å². The molecule has 0 aliphatic rings. The molecule has 0 aliphatic heterocycles. The van der Waals surface area contributed by atoms with Gasteiger partial charge in [-0.1, -0.05) is 24.3 Å². The molecule has 2 nitrogen and oxygen atoms in total. The summed E-state index contributed by atoms with van der Waals surface area (Å²) in [6, 6.07) is 6.65. The lowest BCUT2D eigenvalue weighted by atomic mass is 10.1. The van der Waals surface area contributed by atoms with E-state index in [9.17, 15) is 9.59 Å². The van der Waals surface area contributed by atoms with Crippen molar-refractivity contribution in [2.24, 2.45) is 0 Å². The van der Waals surface area contributed by atoms with E-state index in [2.05, 4.69) is 0 Å². The summed E-state index contributed by atoms with van der Waals surface area (Å²) in [4.78, 5) is 20.5. The molecule has 1 aromatic carbocycles. The number of rotatable bonds is 2. The van der Waals surface area contributed by atoms with E-state index < -0.39 is 0 Å². The smallest absolute Gasteiger partial charge is 0.150 e. The fourth-order valence-electron chi connectivity index (χ4n) is 0.726. The van der Waals surface area contributed by atoms with E-state index in [1.165, 1.54) is 0 Å². The summed E-state index contributed by atoms with van der Waals surface area (Å²) in [5.41, 5.74) is 0.884. The van der Waals surface area contributed by atoms with Crippen molar-refractivity contribution < 1.29 is 9.59 Å². The van der Waals surface area contributed by atoms with Crippen molar-refractivity contribution in [3.05, 3.63) is 35.4 Å². The van der Waals surface area contributed by atoms with Gasteiger partial charge in [-0.15, -0.1) is 12.4 Å². The molecule has 0 heterocycles. The van der Waals surface area contributed by atoms with E-state index in [4.69, 9.17) is 0 Å². The first-order valence-electron chi connectivity index (χ1n) is 2.88. The average Bonchev–Trinajstić information content (AvgIpc) is 2.04. The predicted octanol–water partition coefficient (Wildman–Crippen LogP) is 1.73. The maximum absolute atomic E-state index is 10.2. The molecule has 0 aromatic heterocycles. The zero-order valence-electron chi connectivity index (χ0n) is 5.69. The van der Waals surface area contributed by atoms with Crippen LogP contribution >= 0.6 is 12.4 Å². The summed E-state index contributed by atoms with van der Waals surface area (Å²) in [5.74, 6) is 0. The quantitative estimate of drug-likeness (QED) is 0.634. The molecule has 1 rings (SSSR count). The van der Waals surface area contributed by atoms with Crippen molar-refractivity contribution in [3.8, 4) is 0 Å². The van der Waals surface area contributed by atoms with Crippen molar-refractivity contribution in [1.82, 2.24) is 0 Å². The van der Waals surface area contributed by atoms with Crippen LogP contribution in [0.3, 0.4) is 0 Å². The number of halogens is 1. The highest BCUT2D eigenvalue weighted by Gasteiger charge is 1.95. The Labute approximate surface area is 70.6 Å². The molecule has 1 aromatic rings. The summed E-state index contributed by atoms with van der Waals surface area (Å²) < 4.78 is 0. The van der Waals surface area contributed by atoms with Gasteiger partial charge in [0.1, 0.15) is 0 Å². The van der Waals surface area contributed by atoms with Crippen molar-refractivity contribution in [2.75, 3.05) is 0 Å². The molecule has 0 atom stereocenters. The third-order valence-electron chi connectivity index (χ3n) is 1.25. The Morgan fingerprint density at radius 1 is 0.909 bits per heavy atom. The highest BCUT2D eigenvalue weighted by molar-refractivity contribution is 5.89. The summed E-state index contributed by atoms with van der Waals surface area (Å²) >= 11 is 0. The maximum Gasteiger partial charge on any atom is 0.150 e. The molecule has 0 aliphatic carbocycles. The first-order valence-corrected chi connectivity index (χ1v) is 2.88.